The molecular formula is C23H19N5O2. The SMILES string of the molecule is N#Cc1ncc2cc(COc3ccc(C(N)=O)cc3)n(CCc3ccccc3)c2n1. The molecular weight excluding hydrogens is 378 g/mol. The monoisotopic (exact) mass is 397 g/mol. The first-order valence-corrected chi connectivity index (χ1v) is 9.46. The molecule has 148 valence electrons. The highest BCUT2D eigenvalue weighted by molar-refractivity contribution is 5.92. The van der Waals surface area contributed by atoms with E-state index < -0.39 is 5.91 Å². The topological polar surface area (TPSA) is 107 Å². The first-order valence-electron chi connectivity index (χ1n) is 9.46. The molecule has 4 aromatic rings. The van der Waals surface area contributed by atoms with Crippen LogP contribution in [0.4, 0.5) is 0 Å². The van der Waals surface area contributed by atoms with Crippen molar-refractivity contribution in [3.63, 3.8) is 0 Å². The smallest absolute Gasteiger partial charge is 0.248 e. The number of aromatic nitrogens is 3. The first-order chi connectivity index (χ1) is 14.6. The van der Waals surface area contributed by atoms with Gasteiger partial charge in [0.25, 0.3) is 0 Å². The molecule has 1 amide bonds. The van der Waals surface area contributed by atoms with Gasteiger partial charge >= 0.3 is 0 Å². The van der Waals surface area contributed by atoms with Crippen LogP contribution in [0.15, 0.2) is 66.9 Å². The van der Waals surface area contributed by atoms with Crippen molar-refractivity contribution < 1.29 is 9.53 Å². The summed E-state index contributed by atoms with van der Waals surface area (Å²) in [6, 6.07) is 20.8. The van der Waals surface area contributed by atoms with Gasteiger partial charge in [-0.2, -0.15) is 5.26 Å². The van der Waals surface area contributed by atoms with Gasteiger partial charge in [-0.15, -0.1) is 0 Å². The standard InChI is InChI=1S/C23H19N5O2/c24-13-21-26-14-18-12-19(15-30-20-8-6-17(7-9-20)22(25)29)28(23(18)27-21)11-10-16-4-2-1-3-5-16/h1-9,12,14H,10-11,15H2,(H2,25,29). The molecule has 7 heteroatoms. The fourth-order valence-corrected chi connectivity index (χ4v) is 3.27. The van der Waals surface area contributed by atoms with E-state index in [2.05, 4.69) is 26.7 Å². The Balaban J connectivity index is 1.60. The van der Waals surface area contributed by atoms with E-state index >= 15 is 0 Å². The summed E-state index contributed by atoms with van der Waals surface area (Å²) in [5.41, 5.74) is 8.55. The zero-order valence-corrected chi connectivity index (χ0v) is 16.2. The van der Waals surface area contributed by atoms with Gasteiger partial charge in [0.2, 0.25) is 11.7 Å². The largest absolute Gasteiger partial charge is 0.487 e. The minimum atomic E-state index is -0.477. The molecule has 7 nitrogen and oxygen atoms in total. The molecule has 2 heterocycles. The van der Waals surface area contributed by atoms with Crippen molar-refractivity contribution in [3.05, 3.63) is 89.5 Å². The lowest BCUT2D eigenvalue weighted by Crippen LogP contribution is -2.11. The van der Waals surface area contributed by atoms with E-state index in [-0.39, 0.29) is 5.82 Å². The van der Waals surface area contributed by atoms with E-state index in [0.717, 1.165) is 17.5 Å². The quantitative estimate of drug-likeness (QED) is 0.515. The number of hydrogen-bond donors (Lipinski definition) is 1. The van der Waals surface area contributed by atoms with Gasteiger partial charge in [0.1, 0.15) is 24.1 Å². The van der Waals surface area contributed by atoms with Crippen LogP contribution >= 0.6 is 0 Å². The van der Waals surface area contributed by atoms with Crippen LogP contribution in [0, 0.1) is 11.3 Å². The second kappa shape index (κ2) is 8.45. The minimum absolute atomic E-state index is 0.135. The van der Waals surface area contributed by atoms with E-state index in [1.807, 2.05) is 30.3 Å². The van der Waals surface area contributed by atoms with Crippen LogP contribution in [0.3, 0.4) is 0 Å². The lowest BCUT2D eigenvalue weighted by Gasteiger charge is -2.12. The van der Waals surface area contributed by atoms with Crippen LogP contribution in [0.1, 0.15) is 27.4 Å². The maximum absolute atomic E-state index is 11.2. The lowest BCUT2D eigenvalue weighted by molar-refractivity contribution is 0.1000. The number of benzene rings is 2. The van der Waals surface area contributed by atoms with Crippen LogP contribution in [0.5, 0.6) is 5.75 Å². The second-order valence-electron chi connectivity index (χ2n) is 6.78. The van der Waals surface area contributed by atoms with Crippen molar-refractivity contribution in [1.29, 1.82) is 5.26 Å². The molecule has 0 saturated heterocycles. The Kier molecular flexibility index (Phi) is 5.39. The summed E-state index contributed by atoms with van der Waals surface area (Å²) in [4.78, 5) is 19.7. The highest BCUT2D eigenvalue weighted by Gasteiger charge is 2.13. The number of nitrogens with two attached hydrogens (primary N) is 1. The normalized spacial score (nSPS) is 10.6. The number of carbonyl (C=O) groups is 1. The van der Waals surface area contributed by atoms with Crippen LogP contribution < -0.4 is 10.5 Å². The third-order valence-corrected chi connectivity index (χ3v) is 4.81. The molecule has 2 aromatic carbocycles. The summed E-state index contributed by atoms with van der Waals surface area (Å²) in [5.74, 6) is 0.286. The van der Waals surface area contributed by atoms with Gasteiger partial charge in [-0.25, -0.2) is 9.97 Å². The van der Waals surface area contributed by atoms with Crippen molar-refractivity contribution in [2.75, 3.05) is 0 Å². The average Bonchev–Trinajstić information content (AvgIpc) is 3.13. The fourth-order valence-electron chi connectivity index (χ4n) is 3.27. The van der Waals surface area contributed by atoms with E-state index in [9.17, 15) is 10.1 Å². The summed E-state index contributed by atoms with van der Waals surface area (Å²) >= 11 is 0. The van der Waals surface area contributed by atoms with Gasteiger partial charge in [-0.3, -0.25) is 4.79 Å². The van der Waals surface area contributed by atoms with Crippen LogP contribution in [-0.2, 0) is 19.6 Å². The number of nitriles is 1. The minimum Gasteiger partial charge on any atom is -0.487 e. The molecule has 2 N–H and O–H groups in total. The molecule has 0 saturated carbocycles. The van der Waals surface area contributed by atoms with Gasteiger partial charge in [0, 0.05) is 23.7 Å². The fraction of sp³-hybridized carbons (Fsp3) is 0.130. The number of ether oxygens (including phenoxy) is 1. The zero-order valence-electron chi connectivity index (χ0n) is 16.2. The molecule has 2 aromatic heterocycles. The third-order valence-electron chi connectivity index (χ3n) is 4.81. The maximum atomic E-state index is 11.2. The predicted molar refractivity (Wildman–Crippen MR) is 112 cm³/mol. The Morgan fingerprint density at radius 3 is 2.60 bits per heavy atom. The molecule has 0 bridgehead atoms. The molecule has 0 fully saturated rings. The second-order valence-corrected chi connectivity index (χ2v) is 6.78. The number of rotatable bonds is 7. The molecule has 30 heavy (non-hydrogen) atoms. The van der Waals surface area contributed by atoms with Gasteiger partial charge in [-0.1, -0.05) is 30.3 Å². The summed E-state index contributed by atoms with van der Waals surface area (Å²) in [6.07, 6.45) is 2.47. The maximum Gasteiger partial charge on any atom is 0.248 e. The Morgan fingerprint density at radius 2 is 1.90 bits per heavy atom. The zero-order chi connectivity index (χ0) is 20.9. The number of primary amides is 1. The number of fused-ring (bicyclic) bond motifs is 1. The lowest BCUT2D eigenvalue weighted by atomic mass is 10.1. The molecule has 0 unspecified atom stereocenters. The van der Waals surface area contributed by atoms with Crippen LogP contribution in [-0.4, -0.2) is 20.4 Å². The Morgan fingerprint density at radius 1 is 1.13 bits per heavy atom. The summed E-state index contributed by atoms with van der Waals surface area (Å²) in [7, 11) is 0. The molecule has 0 radical (unpaired) electrons. The van der Waals surface area contributed by atoms with Crippen LogP contribution in [0.2, 0.25) is 0 Å². The van der Waals surface area contributed by atoms with Gasteiger partial charge in [0.05, 0.1) is 5.69 Å². The summed E-state index contributed by atoms with van der Waals surface area (Å²) in [5, 5.41) is 10.0. The Labute approximate surface area is 173 Å². The highest BCUT2D eigenvalue weighted by Crippen LogP contribution is 2.21. The van der Waals surface area contributed by atoms with E-state index in [1.54, 1.807) is 30.5 Å². The number of nitrogens with zero attached hydrogens (tertiary/aromatic N) is 4. The molecule has 0 aliphatic rings. The summed E-state index contributed by atoms with van der Waals surface area (Å²) in [6.45, 7) is 0.998. The van der Waals surface area contributed by atoms with Crippen molar-refractivity contribution >= 4 is 16.9 Å². The third kappa shape index (κ3) is 4.13. The van der Waals surface area contributed by atoms with Crippen LogP contribution in [0.25, 0.3) is 11.0 Å². The van der Waals surface area contributed by atoms with Crippen molar-refractivity contribution in [2.45, 2.75) is 19.6 Å². The molecule has 4 rings (SSSR count). The average molecular weight is 397 g/mol. The molecule has 0 atom stereocenters. The molecule has 0 spiro atoms. The molecule has 0 aliphatic heterocycles. The number of amides is 1. The summed E-state index contributed by atoms with van der Waals surface area (Å²) < 4.78 is 7.98. The van der Waals surface area contributed by atoms with E-state index in [0.29, 0.717) is 30.1 Å². The first kappa shape index (κ1) is 19.2. The van der Waals surface area contributed by atoms with Gasteiger partial charge < -0.3 is 15.0 Å². The van der Waals surface area contributed by atoms with E-state index in [4.69, 9.17) is 10.5 Å². The Bertz CT molecular complexity index is 1220. The number of hydrogen-bond acceptors (Lipinski definition) is 5. The Hall–Kier alpha value is -4.18. The van der Waals surface area contributed by atoms with Crippen molar-refractivity contribution in [3.8, 4) is 11.8 Å². The molecule has 0 aliphatic carbocycles. The van der Waals surface area contributed by atoms with Gasteiger partial charge in [-0.05, 0) is 42.3 Å². The van der Waals surface area contributed by atoms with Crippen molar-refractivity contribution in [2.24, 2.45) is 5.73 Å². The number of aryl methyl sites for hydroxylation is 2. The highest BCUT2D eigenvalue weighted by atomic mass is 16.5. The number of carbonyl (C=O) groups excluding carboxylic acids is 1. The van der Waals surface area contributed by atoms with Crippen molar-refractivity contribution in [1.82, 2.24) is 14.5 Å². The van der Waals surface area contributed by atoms with Gasteiger partial charge in [0.15, 0.2) is 0 Å². The van der Waals surface area contributed by atoms with E-state index in [1.165, 1.54) is 5.56 Å². The predicted octanol–water partition coefficient (Wildman–Crippen LogP) is 3.22.